The molecule has 2 heterocycles. The van der Waals surface area contributed by atoms with E-state index in [1.54, 1.807) is 6.07 Å². The number of rotatable bonds is 2. The minimum atomic E-state index is -0.374. The van der Waals surface area contributed by atoms with Crippen LogP contribution in [0.25, 0.3) is 0 Å². The first-order valence-corrected chi connectivity index (χ1v) is 7.42. The number of benzene rings is 2. The van der Waals surface area contributed by atoms with Gasteiger partial charge in [0.15, 0.2) is 11.6 Å². The molecule has 4 rings (SSSR count). The number of nitrogens with zero attached hydrogens (tertiary/aromatic N) is 1. The minimum absolute atomic E-state index is 0.0281. The number of amides is 1. The van der Waals surface area contributed by atoms with Crippen molar-refractivity contribution >= 4 is 11.6 Å². The van der Waals surface area contributed by atoms with Crippen molar-refractivity contribution in [3.05, 3.63) is 59.4 Å². The van der Waals surface area contributed by atoms with Crippen molar-refractivity contribution in [3.63, 3.8) is 0 Å². The van der Waals surface area contributed by atoms with Crippen LogP contribution in [0.15, 0.2) is 42.5 Å². The van der Waals surface area contributed by atoms with E-state index in [2.05, 4.69) is 6.07 Å². The third-order valence-electron chi connectivity index (χ3n) is 4.74. The molecule has 4 heteroatoms. The molecule has 2 aromatic rings. The number of halogens is 1. The predicted molar refractivity (Wildman–Crippen MR) is 81.7 cm³/mol. The molecular formula is C18H16FNO2. The van der Waals surface area contributed by atoms with E-state index in [0.29, 0.717) is 6.42 Å². The van der Waals surface area contributed by atoms with Crippen molar-refractivity contribution < 1.29 is 13.9 Å². The summed E-state index contributed by atoms with van der Waals surface area (Å²) in [6.45, 7) is 0. The van der Waals surface area contributed by atoms with Gasteiger partial charge in [0.2, 0.25) is 5.91 Å². The molecular weight excluding hydrogens is 281 g/mol. The number of methoxy groups -OCH3 is 1. The van der Waals surface area contributed by atoms with Gasteiger partial charge in [-0.2, -0.15) is 0 Å². The lowest BCUT2D eigenvalue weighted by Gasteiger charge is -2.21. The number of hydrogen-bond acceptors (Lipinski definition) is 2. The quantitative estimate of drug-likeness (QED) is 0.851. The van der Waals surface area contributed by atoms with Gasteiger partial charge >= 0.3 is 0 Å². The van der Waals surface area contributed by atoms with Gasteiger partial charge < -0.3 is 9.64 Å². The maximum Gasteiger partial charge on any atom is 0.227 e. The van der Waals surface area contributed by atoms with Crippen LogP contribution >= 0.6 is 0 Å². The molecule has 1 fully saturated rings. The summed E-state index contributed by atoms with van der Waals surface area (Å²) in [4.78, 5) is 14.3. The van der Waals surface area contributed by atoms with Gasteiger partial charge in [0.1, 0.15) is 0 Å². The highest BCUT2D eigenvalue weighted by Gasteiger charge is 2.45. The maximum atomic E-state index is 14.0. The van der Waals surface area contributed by atoms with Crippen LogP contribution in [0.5, 0.6) is 5.75 Å². The van der Waals surface area contributed by atoms with Crippen LogP contribution in [-0.2, 0) is 11.2 Å². The molecule has 1 amide bonds. The summed E-state index contributed by atoms with van der Waals surface area (Å²) in [6.07, 6.45) is 1.27. The lowest BCUT2D eigenvalue weighted by atomic mass is 9.89. The van der Waals surface area contributed by atoms with Gasteiger partial charge in [-0.1, -0.05) is 24.3 Å². The van der Waals surface area contributed by atoms with Crippen LogP contribution in [0.2, 0.25) is 0 Å². The Balaban J connectivity index is 1.71. The molecule has 2 atom stereocenters. The Kier molecular flexibility index (Phi) is 2.93. The normalized spacial score (nSPS) is 22.6. The van der Waals surface area contributed by atoms with E-state index in [1.807, 2.05) is 29.2 Å². The molecule has 0 unspecified atom stereocenters. The van der Waals surface area contributed by atoms with Crippen molar-refractivity contribution in [3.8, 4) is 5.75 Å². The second kappa shape index (κ2) is 4.83. The molecule has 112 valence electrons. The predicted octanol–water partition coefficient (Wildman–Crippen LogP) is 3.28. The van der Waals surface area contributed by atoms with E-state index < -0.39 is 0 Å². The first-order valence-electron chi connectivity index (χ1n) is 7.42. The molecule has 2 aliphatic heterocycles. The maximum absolute atomic E-state index is 14.0. The van der Waals surface area contributed by atoms with Crippen LogP contribution in [-0.4, -0.2) is 19.1 Å². The van der Waals surface area contributed by atoms with Crippen LogP contribution < -0.4 is 9.64 Å². The zero-order valence-electron chi connectivity index (χ0n) is 12.3. The summed E-state index contributed by atoms with van der Waals surface area (Å²) in [5, 5.41) is 0. The van der Waals surface area contributed by atoms with Crippen LogP contribution in [0.3, 0.4) is 0 Å². The zero-order valence-corrected chi connectivity index (χ0v) is 12.3. The van der Waals surface area contributed by atoms with Gasteiger partial charge in [-0.3, -0.25) is 4.79 Å². The average molecular weight is 297 g/mol. The average Bonchev–Trinajstić information content (AvgIpc) is 3.05. The highest BCUT2D eigenvalue weighted by atomic mass is 19.1. The fourth-order valence-corrected chi connectivity index (χ4v) is 3.73. The van der Waals surface area contributed by atoms with Gasteiger partial charge in [-0.25, -0.2) is 4.39 Å². The third-order valence-corrected chi connectivity index (χ3v) is 4.74. The van der Waals surface area contributed by atoms with Crippen LogP contribution in [0, 0.1) is 5.82 Å². The first kappa shape index (κ1) is 13.3. The summed E-state index contributed by atoms with van der Waals surface area (Å²) in [6, 6.07) is 13.1. The highest BCUT2D eigenvalue weighted by molar-refractivity contribution is 5.99. The summed E-state index contributed by atoms with van der Waals surface area (Å²) >= 11 is 0. The number of para-hydroxylation sites is 1. The number of carbonyl (C=O) groups excluding carboxylic acids is 1. The zero-order chi connectivity index (χ0) is 15.3. The van der Waals surface area contributed by atoms with E-state index >= 15 is 0 Å². The van der Waals surface area contributed by atoms with Crippen molar-refractivity contribution in [2.75, 3.05) is 12.0 Å². The van der Waals surface area contributed by atoms with E-state index in [-0.39, 0.29) is 29.4 Å². The van der Waals surface area contributed by atoms with E-state index in [1.165, 1.54) is 18.7 Å². The molecule has 0 aromatic heterocycles. The molecule has 0 bridgehead atoms. The molecule has 0 aliphatic carbocycles. The van der Waals surface area contributed by atoms with Crippen molar-refractivity contribution in [2.24, 2.45) is 0 Å². The van der Waals surface area contributed by atoms with Crippen molar-refractivity contribution in [1.82, 2.24) is 0 Å². The number of anilines is 1. The standard InChI is InChI=1S/C18H16FNO2/c1-22-17-7-6-11(8-14(17)19)13-10-18(21)20-15-5-3-2-4-12(15)9-16(13)20/h2-8,13,16H,9-10H2,1H3/t13-,16-/m1/s1. The Bertz CT molecular complexity index is 759. The van der Waals surface area contributed by atoms with E-state index in [4.69, 9.17) is 4.74 Å². The SMILES string of the molecule is COc1ccc([C@H]2CC(=O)N3c4ccccc4C[C@H]23)cc1F. The molecule has 1 saturated heterocycles. The number of carbonyl (C=O) groups is 1. The van der Waals surface area contributed by atoms with Crippen LogP contribution in [0.1, 0.15) is 23.5 Å². The van der Waals surface area contributed by atoms with Crippen molar-refractivity contribution in [1.29, 1.82) is 0 Å². The summed E-state index contributed by atoms with van der Waals surface area (Å²) in [7, 11) is 1.45. The third kappa shape index (κ3) is 1.83. The van der Waals surface area contributed by atoms with Gasteiger partial charge in [-0.15, -0.1) is 0 Å². The summed E-state index contributed by atoms with van der Waals surface area (Å²) in [5.74, 6) is 0.0116. The molecule has 2 aliphatic rings. The fraction of sp³-hybridized carbons (Fsp3) is 0.278. The lowest BCUT2D eigenvalue weighted by Crippen LogP contribution is -2.31. The summed E-state index contributed by atoms with van der Waals surface area (Å²) < 4.78 is 19.0. The van der Waals surface area contributed by atoms with Gasteiger partial charge in [-0.05, 0) is 35.7 Å². The van der Waals surface area contributed by atoms with Gasteiger partial charge in [0, 0.05) is 24.1 Å². The molecule has 0 saturated carbocycles. The van der Waals surface area contributed by atoms with Gasteiger partial charge in [0.05, 0.1) is 7.11 Å². The Hall–Kier alpha value is -2.36. The second-order valence-corrected chi connectivity index (χ2v) is 5.87. The molecule has 0 spiro atoms. The lowest BCUT2D eigenvalue weighted by molar-refractivity contribution is -0.117. The number of fused-ring (bicyclic) bond motifs is 3. The monoisotopic (exact) mass is 297 g/mol. The van der Waals surface area contributed by atoms with Crippen molar-refractivity contribution in [2.45, 2.75) is 24.8 Å². The smallest absolute Gasteiger partial charge is 0.227 e. The highest BCUT2D eigenvalue weighted by Crippen LogP contribution is 2.45. The molecule has 22 heavy (non-hydrogen) atoms. The Labute approximate surface area is 128 Å². The minimum Gasteiger partial charge on any atom is -0.494 e. The molecule has 0 N–H and O–H groups in total. The Morgan fingerprint density at radius 2 is 2.00 bits per heavy atom. The molecule has 3 nitrogen and oxygen atoms in total. The second-order valence-electron chi connectivity index (χ2n) is 5.87. The van der Waals surface area contributed by atoms with Crippen LogP contribution in [0.4, 0.5) is 10.1 Å². The fourth-order valence-electron chi connectivity index (χ4n) is 3.73. The molecule has 0 radical (unpaired) electrons. The van der Waals surface area contributed by atoms with E-state index in [0.717, 1.165) is 17.7 Å². The largest absolute Gasteiger partial charge is 0.494 e. The summed E-state index contributed by atoms with van der Waals surface area (Å²) in [5.41, 5.74) is 3.07. The number of hydrogen-bond donors (Lipinski definition) is 0. The van der Waals surface area contributed by atoms with E-state index in [9.17, 15) is 9.18 Å². The number of ether oxygens (including phenoxy) is 1. The van der Waals surface area contributed by atoms with Gasteiger partial charge in [0.25, 0.3) is 0 Å². The topological polar surface area (TPSA) is 29.5 Å². The first-order chi connectivity index (χ1) is 10.7. The Morgan fingerprint density at radius 3 is 2.77 bits per heavy atom. The molecule has 2 aromatic carbocycles. The Morgan fingerprint density at radius 1 is 1.18 bits per heavy atom.